The smallest absolute Gasteiger partial charge is 0.210 e. The van der Waals surface area contributed by atoms with Crippen LogP contribution in [0.4, 0.5) is 4.39 Å². The fourth-order valence-corrected chi connectivity index (χ4v) is 3.66. The van der Waals surface area contributed by atoms with E-state index in [1.54, 1.807) is 11.8 Å². The summed E-state index contributed by atoms with van der Waals surface area (Å²) in [5, 5.41) is 9.34. The van der Waals surface area contributed by atoms with Gasteiger partial charge in [0.15, 0.2) is 5.82 Å². The van der Waals surface area contributed by atoms with Crippen molar-refractivity contribution in [1.29, 1.82) is 0 Å². The first kappa shape index (κ1) is 13.1. The molecule has 0 aliphatic carbocycles. The molecule has 110 valence electrons. The Morgan fingerprint density at radius 2 is 2.14 bits per heavy atom. The van der Waals surface area contributed by atoms with Crippen molar-refractivity contribution >= 4 is 11.8 Å². The molecule has 0 bridgehead atoms. The van der Waals surface area contributed by atoms with Gasteiger partial charge in [0, 0.05) is 12.4 Å². The van der Waals surface area contributed by atoms with E-state index in [9.17, 15) is 4.39 Å². The number of ether oxygens (including phenoxy) is 1. The Labute approximate surface area is 125 Å². The van der Waals surface area contributed by atoms with Crippen molar-refractivity contribution in [2.75, 3.05) is 17.8 Å². The first-order chi connectivity index (χ1) is 10.3. The summed E-state index contributed by atoms with van der Waals surface area (Å²) in [4.78, 5) is 0. The van der Waals surface area contributed by atoms with E-state index in [1.807, 2.05) is 16.8 Å². The van der Waals surface area contributed by atoms with Crippen LogP contribution in [0, 0.1) is 5.82 Å². The maximum Gasteiger partial charge on any atom is 0.210 e. The van der Waals surface area contributed by atoms with Crippen molar-refractivity contribution in [3.05, 3.63) is 41.5 Å². The first-order valence-corrected chi connectivity index (χ1v) is 8.01. The molecule has 1 fully saturated rings. The van der Waals surface area contributed by atoms with Gasteiger partial charge in [-0.1, -0.05) is 23.9 Å². The molecule has 0 saturated carbocycles. The number of benzene rings is 1. The summed E-state index contributed by atoms with van der Waals surface area (Å²) >= 11 is 1.65. The third kappa shape index (κ3) is 2.40. The molecule has 2 unspecified atom stereocenters. The Bertz CT molecular complexity index is 639. The van der Waals surface area contributed by atoms with E-state index in [-0.39, 0.29) is 18.0 Å². The molecule has 1 aromatic heterocycles. The Morgan fingerprint density at radius 3 is 2.90 bits per heavy atom. The van der Waals surface area contributed by atoms with Crippen LogP contribution in [0.3, 0.4) is 0 Å². The highest BCUT2D eigenvalue weighted by molar-refractivity contribution is 7.99. The van der Waals surface area contributed by atoms with Crippen LogP contribution in [-0.2, 0) is 4.74 Å². The van der Waals surface area contributed by atoms with E-state index in [0.717, 1.165) is 41.7 Å². The predicted octanol–water partition coefficient (Wildman–Crippen LogP) is 2.66. The molecular formula is C14H15FN4OS. The van der Waals surface area contributed by atoms with Crippen molar-refractivity contribution in [2.24, 2.45) is 0 Å². The molecule has 0 amide bonds. The standard InChI is InChI=1S/C14H15FN4OS/c15-10-5-3-9(4-6-10)11-8-21-14-17-16-13(19(14)18-11)12-2-1-7-20-12/h3-6,11-12,18H,1-2,7-8H2. The highest BCUT2D eigenvalue weighted by atomic mass is 32.2. The monoisotopic (exact) mass is 306 g/mol. The molecule has 21 heavy (non-hydrogen) atoms. The maximum absolute atomic E-state index is 13.0. The van der Waals surface area contributed by atoms with Crippen molar-refractivity contribution < 1.29 is 9.13 Å². The molecule has 7 heteroatoms. The Kier molecular flexibility index (Phi) is 3.31. The fraction of sp³-hybridized carbons (Fsp3) is 0.429. The number of hydrogen-bond acceptors (Lipinski definition) is 5. The summed E-state index contributed by atoms with van der Waals surface area (Å²) in [6.07, 6.45) is 2.05. The minimum absolute atomic E-state index is 0.0197. The Hall–Kier alpha value is -1.60. The molecule has 0 spiro atoms. The summed E-state index contributed by atoms with van der Waals surface area (Å²) in [6.45, 7) is 0.779. The van der Waals surface area contributed by atoms with Crippen LogP contribution in [0.5, 0.6) is 0 Å². The molecule has 1 N–H and O–H groups in total. The van der Waals surface area contributed by atoms with Crippen LogP contribution in [0.1, 0.15) is 36.4 Å². The number of hydrogen-bond donors (Lipinski definition) is 1. The third-order valence-corrected chi connectivity index (χ3v) is 4.83. The maximum atomic E-state index is 13.0. The Morgan fingerprint density at radius 1 is 1.29 bits per heavy atom. The first-order valence-electron chi connectivity index (χ1n) is 7.03. The number of fused-ring (bicyclic) bond motifs is 1. The van der Waals surface area contributed by atoms with Gasteiger partial charge < -0.3 is 10.2 Å². The molecule has 2 aromatic rings. The lowest BCUT2D eigenvalue weighted by atomic mass is 10.1. The van der Waals surface area contributed by atoms with Gasteiger partial charge in [0.1, 0.15) is 11.9 Å². The summed E-state index contributed by atoms with van der Waals surface area (Å²) < 4.78 is 20.7. The van der Waals surface area contributed by atoms with Crippen molar-refractivity contribution in [3.8, 4) is 0 Å². The van der Waals surface area contributed by atoms with Crippen LogP contribution in [0.15, 0.2) is 29.4 Å². The van der Waals surface area contributed by atoms with Gasteiger partial charge >= 0.3 is 0 Å². The number of rotatable bonds is 2. The summed E-state index contributed by atoms with van der Waals surface area (Å²) in [7, 11) is 0. The lowest BCUT2D eigenvalue weighted by Gasteiger charge is -2.27. The van der Waals surface area contributed by atoms with E-state index in [2.05, 4.69) is 15.6 Å². The van der Waals surface area contributed by atoms with Gasteiger partial charge in [0.2, 0.25) is 5.16 Å². The number of halogens is 1. The number of nitrogens with zero attached hydrogens (tertiary/aromatic N) is 3. The largest absolute Gasteiger partial charge is 0.370 e. The van der Waals surface area contributed by atoms with Crippen LogP contribution in [0.25, 0.3) is 0 Å². The third-order valence-electron chi connectivity index (χ3n) is 3.81. The lowest BCUT2D eigenvalue weighted by Crippen LogP contribution is -2.29. The molecule has 1 aromatic carbocycles. The molecule has 5 nitrogen and oxygen atoms in total. The predicted molar refractivity (Wildman–Crippen MR) is 77.2 cm³/mol. The van der Waals surface area contributed by atoms with E-state index in [4.69, 9.17) is 4.74 Å². The van der Waals surface area contributed by atoms with E-state index in [1.165, 1.54) is 12.1 Å². The van der Waals surface area contributed by atoms with Crippen LogP contribution in [-0.4, -0.2) is 27.2 Å². The number of aromatic nitrogens is 3. The average molecular weight is 306 g/mol. The second-order valence-corrected chi connectivity index (χ2v) is 6.21. The average Bonchev–Trinajstić information content (AvgIpc) is 3.16. The van der Waals surface area contributed by atoms with E-state index in [0.29, 0.717) is 0 Å². The topological polar surface area (TPSA) is 52.0 Å². The lowest BCUT2D eigenvalue weighted by molar-refractivity contribution is 0.102. The van der Waals surface area contributed by atoms with Crippen molar-refractivity contribution in [3.63, 3.8) is 0 Å². The zero-order valence-corrected chi connectivity index (χ0v) is 12.1. The molecule has 2 aliphatic rings. The van der Waals surface area contributed by atoms with Crippen LogP contribution in [0.2, 0.25) is 0 Å². The summed E-state index contributed by atoms with van der Waals surface area (Å²) in [5.41, 5.74) is 4.48. The second-order valence-electron chi connectivity index (χ2n) is 5.22. The number of thioether (sulfide) groups is 1. The van der Waals surface area contributed by atoms with Crippen molar-refractivity contribution in [2.45, 2.75) is 30.1 Å². The molecule has 3 heterocycles. The van der Waals surface area contributed by atoms with Crippen molar-refractivity contribution in [1.82, 2.24) is 14.9 Å². The van der Waals surface area contributed by atoms with Gasteiger partial charge in [-0.3, -0.25) is 0 Å². The highest BCUT2D eigenvalue weighted by Crippen LogP contribution is 2.34. The van der Waals surface area contributed by atoms with Gasteiger partial charge in [-0.15, -0.1) is 10.2 Å². The highest BCUT2D eigenvalue weighted by Gasteiger charge is 2.29. The second kappa shape index (κ2) is 5.31. The normalized spacial score (nSPS) is 24.6. The minimum atomic E-state index is -0.216. The molecule has 0 radical (unpaired) electrons. The van der Waals surface area contributed by atoms with Gasteiger partial charge in [-0.25, -0.2) is 9.07 Å². The number of nitrogens with one attached hydrogen (secondary N) is 1. The summed E-state index contributed by atoms with van der Waals surface area (Å²) in [5.74, 6) is 1.46. The Balaban J connectivity index is 1.61. The molecule has 2 aliphatic heterocycles. The van der Waals surface area contributed by atoms with Crippen LogP contribution < -0.4 is 5.43 Å². The molecular weight excluding hydrogens is 291 g/mol. The fourth-order valence-electron chi connectivity index (χ4n) is 2.70. The molecule has 1 saturated heterocycles. The van der Waals surface area contributed by atoms with Crippen LogP contribution >= 0.6 is 11.8 Å². The molecule has 2 atom stereocenters. The SMILES string of the molecule is Fc1ccc(C2CSc3nnc(C4CCCO4)n3N2)cc1. The van der Waals surface area contributed by atoms with E-state index < -0.39 is 0 Å². The van der Waals surface area contributed by atoms with Gasteiger partial charge in [0.25, 0.3) is 0 Å². The van der Waals surface area contributed by atoms with Gasteiger partial charge in [-0.2, -0.15) is 0 Å². The summed E-state index contributed by atoms with van der Waals surface area (Å²) in [6, 6.07) is 6.72. The minimum Gasteiger partial charge on any atom is -0.370 e. The molecule has 4 rings (SSSR count). The quantitative estimate of drug-likeness (QED) is 0.924. The zero-order chi connectivity index (χ0) is 14.2. The zero-order valence-electron chi connectivity index (χ0n) is 11.3. The van der Waals surface area contributed by atoms with Gasteiger partial charge in [-0.05, 0) is 30.5 Å². The van der Waals surface area contributed by atoms with E-state index >= 15 is 0 Å². The van der Waals surface area contributed by atoms with Gasteiger partial charge in [0.05, 0.1) is 6.04 Å².